The lowest BCUT2D eigenvalue weighted by Gasteiger charge is -2.42. The van der Waals surface area contributed by atoms with Gasteiger partial charge in [0.2, 0.25) is 0 Å². The zero-order valence-corrected chi connectivity index (χ0v) is 21.0. The Morgan fingerprint density at radius 2 is 1.70 bits per heavy atom. The molecule has 0 bridgehead atoms. The fourth-order valence-electron chi connectivity index (χ4n) is 4.57. The molecule has 1 aliphatic heterocycles. The third kappa shape index (κ3) is 8.98. The van der Waals surface area contributed by atoms with Crippen LogP contribution in [0.1, 0.15) is 57.4 Å². The molecule has 192 valence electrons. The molecule has 1 unspecified atom stereocenters. The average Bonchev–Trinajstić information content (AvgIpc) is 2.71. The van der Waals surface area contributed by atoms with Crippen LogP contribution in [-0.2, 0) is 0 Å². The van der Waals surface area contributed by atoms with E-state index in [0.29, 0.717) is 31.6 Å². The molecule has 1 saturated heterocycles. The van der Waals surface area contributed by atoms with Gasteiger partial charge in [-0.05, 0) is 36.5 Å². The number of benzene rings is 1. The van der Waals surface area contributed by atoms with Gasteiger partial charge in [-0.1, -0.05) is 39.2 Å². The van der Waals surface area contributed by atoms with Crippen LogP contribution in [0.2, 0.25) is 0 Å². The molecule has 0 spiro atoms. The molecule has 1 aromatic carbocycles. The summed E-state index contributed by atoms with van der Waals surface area (Å²) < 4.78 is 49.3. The number of hydrogen-bond acceptors (Lipinski definition) is 5. The van der Waals surface area contributed by atoms with Crippen molar-refractivity contribution in [3.63, 3.8) is 0 Å². The number of aliphatic hydroxyl groups is 1. The molecule has 1 aromatic rings. The number of piperazine rings is 1. The fraction of sp³-hybridized carbons (Fsp3) is 0.739. The number of nitrogens with zero attached hydrogens (tertiary/aromatic N) is 1. The first-order chi connectivity index (χ1) is 14.7. The number of halogens is 5. The Kier molecular flexibility index (Phi) is 12.1. The van der Waals surface area contributed by atoms with Gasteiger partial charge in [0.25, 0.3) is 0 Å². The quantitative estimate of drug-likeness (QED) is 0.500. The summed E-state index contributed by atoms with van der Waals surface area (Å²) in [6.07, 6.45) is -0.570. The maximum absolute atomic E-state index is 13.1. The van der Waals surface area contributed by atoms with Crippen LogP contribution in [0.25, 0.3) is 0 Å². The van der Waals surface area contributed by atoms with Crippen LogP contribution in [-0.4, -0.2) is 61.3 Å². The van der Waals surface area contributed by atoms with Crippen molar-refractivity contribution in [2.45, 2.75) is 63.8 Å². The summed E-state index contributed by atoms with van der Waals surface area (Å²) in [4.78, 5) is 2.28. The van der Waals surface area contributed by atoms with E-state index in [0.717, 1.165) is 45.4 Å². The van der Waals surface area contributed by atoms with Gasteiger partial charge in [0, 0.05) is 38.6 Å². The van der Waals surface area contributed by atoms with Gasteiger partial charge in [-0.2, -0.15) is 0 Å². The molecule has 1 aliphatic carbocycles. The van der Waals surface area contributed by atoms with Crippen molar-refractivity contribution in [1.82, 2.24) is 10.2 Å². The van der Waals surface area contributed by atoms with Crippen molar-refractivity contribution in [3.05, 3.63) is 23.8 Å². The topological polar surface area (TPSA) is 54.0 Å². The largest absolute Gasteiger partial charge is 0.573 e. The van der Waals surface area contributed by atoms with Gasteiger partial charge in [0.15, 0.2) is 11.5 Å². The standard InChI is InChI=1S/C23H35F3N2O3.2ClH/c1-17(2)16-30-20-7-6-18(14-21(20)31-23(24,25)26)19(15-28-12-10-27-11-13-28)22(29)8-4-3-5-9-22;;/h6-7,14,17,19,27,29H,3-5,8-13,15-16H2,1-2H3;2*1H. The van der Waals surface area contributed by atoms with Gasteiger partial charge < -0.3 is 24.8 Å². The summed E-state index contributed by atoms with van der Waals surface area (Å²) in [5.74, 6) is -0.385. The molecule has 2 aliphatic rings. The van der Waals surface area contributed by atoms with E-state index >= 15 is 0 Å². The molecule has 3 rings (SSSR count). The lowest BCUT2D eigenvalue weighted by molar-refractivity contribution is -0.275. The Morgan fingerprint density at radius 1 is 1.06 bits per heavy atom. The van der Waals surface area contributed by atoms with Gasteiger partial charge in [0.05, 0.1) is 12.2 Å². The number of ether oxygens (including phenoxy) is 2. The number of rotatable bonds is 8. The van der Waals surface area contributed by atoms with E-state index in [9.17, 15) is 18.3 Å². The fourth-order valence-corrected chi connectivity index (χ4v) is 4.57. The average molecular weight is 517 g/mol. The molecule has 0 amide bonds. The summed E-state index contributed by atoms with van der Waals surface area (Å²) in [7, 11) is 0. The maximum atomic E-state index is 13.1. The molecular weight excluding hydrogens is 480 g/mol. The molecule has 1 saturated carbocycles. The zero-order valence-electron chi connectivity index (χ0n) is 19.3. The van der Waals surface area contributed by atoms with Crippen LogP contribution in [0.5, 0.6) is 11.5 Å². The summed E-state index contributed by atoms with van der Waals surface area (Å²) in [6.45, 7) is 8.21. The SMILES string of the molecule is CC(C)COc1ccc(C(CN2CCNCC2)C2(O)CCCCC2)cc1OC(F)(F)F.Cl.Cl. The molecule has 10 heteroatoms. The molecule has 5 nitrogen and oxygen atoms in total. The minimum atomic E-state index is -4.82. The molecule has 1 heterocycles. The van der Waals surface area contributed by atoms with E-state index in [1.165, 1.54) is 6.07 Å². The molecular formula is C23H37Cl2F3N2O3. The molecule has 1 atom stereocenters. The van der Waals surface area contributed by atoms with Crippen molar-refractivity contribution < 1.29 is 27.8 Å². The first-order valence-electron chi connectivity index (χ1n) is 11.3. The van der Waals surface area contributed by atoms with Gasteiger partial charge in [-0.3, -0.25) is 0 Å². The van der Waals surface area contributed by atoms with Crippen LogP contribution < -0.4 is 14.8 Å². The first kappa shape index (κ1) is 30.1. The highest BCUT2D eigenvalue weighted by Gasteiger charge is 2.40. The lowest BCUT2D eigenvalue weighted by atomic mass is 9.72. The van der Waals surface area contributed by atoms with Crippen molar-refractivity contribution in [1.29, 1.82) is 0 Å². The summed E-state index contributed by atoms with van der Waals surface area (Å²) in [5, 5.41) is 14.9. The number of nitrogens with one attached hydrogen (secondary N) is 1. The highest BCUT2D eigenvalue weighted by molar-refractivity contribution is 5.85. The van der Waals surface area contributed by atoms with Crippen LogP contribution >= 0.6 is 24.8 Å². The number of hydrogen-bond donors (Lipinski definition) is 2. The van der Waals surface area contributed by atoms with E-state index in [2.05, 4.69) is 15.0 Å². The van der Waals surface area contributed by atoms with Crippen LogP contribution in [0, 0.1) is 5.92 Å². The van der Waals surface area contributed by atoms with E-state index in [1.54, 1.807) is 12.1 Å². The summed E-state index contributed by atoms with van der Waals surface area (Å²) in [6, 6.07) is 4.76. The molecule has 33 heavy (non-hydrogen) atoms. The van der Waals surface area contributed by atoms with Gasteiger partial charge in [-0.25, -0.2) is 0 Å². The maximum Gasteiger partial charge on any atom is 0.573 e. The van der Waals surface area contributed by atoms with Crippen LogP contribution in [0.4, 0.5) is 13.2 Å². The highest BCUT2D eigenvalue weighted by Crippen LogP contribution is 2.43. The summed E-state index contributed by atoms with van der Waals surface area (Å²) in [5.41, 5.74) is -0.266. The third-order valence-corrected chi connectivity index (χ3v) is 6.19. The molecule has 0 aromatic heterocycles. The van der Waals surface area contributed by atoms with E-state index in [-0.39, 0.29) is 48.1 Å². The predicted octanol–water partition coefficient (Wildman–Crippen LogP) is 5.15. The van der Waals surface area contributed by atoms with Crippen LogP contribution in [0.15, 0.2) is 18.2 Å². The van der Waals surface area contributed by atoms with Crippen molar-refractivity contribution in [3.8, 4) is 11.5 Å². The van der Waals surface area contributed by atoms with Crippen molar-refractivity contribution >= 4 is 24.8 Å². The van der Waals surface area contributed by atoms with Gasteiger partial charge in [-0.15, -0.1) is 38.0 Å². The Balaban J connectivity index is 0.00000272. The second kappa shape index (κ2) is 13.2. The van der Waals surface area contributed by atoms with Gasteiger partial charge in [0.1, 0.15) is 0 Å². The highest BCUT2D eigenvalue weighted by atomic mass is 35.5. The van der Waals surface area contributed by atoms with Crippen molar-refractivity contribution in [2.75, 3.05) is 39.3 Å². The second-order valence-electron chi connectivity index (χ2n) is 9.23. The van der Waals surface area contributed by atoms with Crippen molar-refractivity contribution in [2.24, 2.45) is 5.92 Å². The van der Waals surface area contributed by atoms with E-state index < -0.39 is 12.0 Å². The minimum absolute atomic E-state index is 0. The smallest absolute Gasteiger partial charge is 0.489 e. The Hall–Kier alpha value is -0.930. The summed E-state index contributed by atoms with van der Waals surface area (Å²) >= 11 is 0. The normalized spacial score (nSPS) is 19.8. The van der Waals surface area contributed by atoms with Gasteiger partial charge >= 0.3 is 6.36 Å². The zero-order chi connectivity index (χ0) is 22.5. The monoisotopic (exact) mass is 516 g/mol. The van der Waals surface area contributed by atoms with E-state index in [4.69, 9.17) is 4.74 Å². The molecule has 2 fully saturated rings. The van der Waals surface area contributed by atoms with Crippen LogP contribution in [0.3, 0.4) is 0 Å². The minimum Gasteiger partial charge on any atom is -0.489 e. The third-order valence-electron chi connectivity index (χ3n) is 6.19. The predicted molar refractivity (Wildman–Crippen MR) is 128 cm³/mol. The number of alkyl halides is 3. The Morgan fingerprint density at radius 3 is 2.27 bits per heavy atom. The Bertz CT molecular complexity index is 711. The molecule has 0 radical (unpaired) electrons. The lowest BCUT2D eigenvalue weighted by Crippen LogP contribution is -2.49. The second-order valence-corrected chi connectivity index (χ2v) is 9.23. The first-order valence-corrected chi connectivity index (χ1v) is 11.3. The molecule has 2 N–H and O–H groups in total. The van der Waals surface area contributed by atoms with E-state index in [1.807, 2.05) is 13.8 Å². The Labute approximate surface area is 207 Å².